The smallest absolute Gasteiger partial charge is 0.358 e. The van der Waals surface area contributed by atoms with Gasteiger partial charge in [-0.3, -0.25) is 4.68 Å². The number of thiophene rings is 1. The van der Waals surface area contributed by atoms with Gasteiger partial charge in [0.1, 0.15) is 0 Å². The van der Waals surface area contributed by atoms with E-state index < -0.39 is 12.1 Å². The van der Waals surface area contributed by atoms with E-state index in [4.69, 9.17) is 5.11 Å². The van der Waals surface area contributed by atoms with Crippen LogP contribution in [-0.4, -0.2) is 44.3 Å². The first-order chi connectivity index (χ1) is 9.16. The van der Waals surface area contributed by atoms with Gasteiger partial charge in [0.25, 0.3) is 0 Å². The second-order valence-corrected chi connectivity index (χ2v) is 4.73. The standard InChI is InChI=1S/C11H14N4O3S/c16-10(8-1-4-19-7-8)5-12-2-3-15-6-9(11(17)18)13-14-15/h1,4,6-7,10,12,16H,2-3,5H2,(H,17,18). The molecule has 0 radical (unpaired) electrons. The molecule has 0 saturated heterocycles. The maximum atomic E-state index is 10.6. The van der Waals surface area contributed by atoms with E-state index in [1.54, 1.807) is 11.3 Å². The van der Waals surface area contributed by atoms with Crippen molar-refractivity contribution in [3.05, 3.63) is 34.3 Å². The molecule has 0 saturated carbocycles. The molecule has 0 aromatic carbocycles. The molecule has 0 fully saturated rings. The summed E-state index contributed by atoms with van der Waals surface area (Å²) in [5.74, 6) is -1.09. The number of nitrogens with zero attached hydrogens (tertiary/aromatic N) is 3. The molecule has 0 aliphatic carbocycles. The van der Waals surface area contributed by atoms with Gasteiger partial charge in [-0.25, -0.2) is 4.79 Å². The highest BCUT2D eigenvalue weighted by atomic mass is 32.1. The number of carboxylic acid groups (broad SMARTS) is 1. The normalized spacial score (nSPS) is 12.5. The molecule has 19 heavy (non-hydrogen) atoms. The number of carboxylic acids is 1. The van der Waals surface area contributed by atoms with Gasteiger partial charge in [0.15, 0.2) is 5.69 Å². The van der Waals surface area contributed by atoms with Crippen LogP contribution in [0.15, 0.2) is 23.0 Å². The fourth-order valence-electron chi connectivity index (χ4n) is 1.52. The largest absolute Gasteiger partial charge is 0.476 e. The molecular weight excluding hydrogens is 268 g/mol. The second-order valence-electron chi connectivity index (χ2n) is 3.95. The molecule has 7 nitrogen and oxygen atoms in total. The van der Waals surface area contributed by atoms with Gasteiger partial charge in [-0.15, -0.1) is 5.10 Å². The molecule has 0 aliphatic heterocycles. The van der Waals surface area contributed by atoms with Crippen molar-refractivity contribution in [2.75, 3.05) is 13.1 Å². The fourth-order valence-corrected chi connectivity index (χ4v) is 2.23. The Balaban J connectivity index is 1.70. The number of aromatic nitrogens is 3. The quantitative estimate of drug-likeness (QED) is 0.634. The summed E-state index contributed by atoms with van der Waals surface area (Å²) >= 11 is 1.54. The van der Waals surface area contributed by atoms with E-state index in [-0.39, 0.29) is 5.69 Å². The van der Waals surface area contributed by atoms with Crippen LogP contribution in [0.5, 0.6) is 0 Å². The number of aliphatic hydroxyl groups excluding tert-OH is 1. The van der Waals surface area contributed by atoms with Crippen molar-refractivity contribution in [3.63, 3.8) is 0 Å². The predicted octanol–water partition coefficient (Wildman–Crippen LogP) is 0.361. The molecule has 2 rings (SSSR count). The zero-order valence-electron chi connectivity index (χ0n) is 10.1. The molecule has 8 heteroatoms. The van der Waals surface area contributed by atoms with Crippen LogP contribution in [0.3, 0.4) is 0 Å². The van der Waals surface area contributed by atoms with Gasteiger partial charge >= 0.3 is 5.97 Å². The van der Waals surface area contributed by atoms with E-state index in [0.717, 1.165) is 5.56 Å². The van der Waals surface area contributed by atoms with Crippen molar-refractivity contribution in [2.45, 2.75) is 12.6 Å². The Morgan fingerprint density at radius 3 is 3.05 bits per heavy atom. The first-order valence-electron chi connectivity index (χ1n) is 5.71. The van der Waals surface area contributed by atoms with Gasteiger partial charge in [0.2, 0.25) is 0 Å². The molecule has 0 bridgehead atoms. The molecule has 0 spiro atoms. The number of carbonyl (C=O) groups is 1. The molecule has 2 heterocycles. The highest BCUT2D eigenvalue weighted by Crippen LogP contribution is 2.14. The lowest BCUT2D eigenvalue weighted by Crippen LogP contribution is -2.25. The average molecular weight is 282 g/mol. The van der Waals surface area contributed by atoms with Gasteiger partial charge < -0.3 is 15.5 Å². The lowest BCUT2D eigenvalue weighted by atomic mass is 10.2. The number of hydrogen-bond donors (Lipinski definition) is 3. The van der Waals surface area contributed by atoms with Crippen LogP contribution in [0.1, 0.15) is 22.2 Å². The molecule has 1 unspecified atom stereocenters. The van der Waals surface area contributed by atoms with Crippen molar-refractivity contribution in [1.29, 1.82) is 0 Å². The van der Waals surface area contributed by atoms with E-state index in [9.17, 15) is 9.90 Å². The second kappa shape index (κ2) is 6.41. The van der Waals surface area contributed by atoms with Gasteiger partial charge in [-0.1, -0.05) is 5.21 Å². The predicted molar refractivity (Wildman–Crippen MR) is 69.1 cm³/mol. The van der Waals surface area contributed by atoms with Crippen LogP contribution < -0.4 is 5.32 Å². The van der Waals surface area contributed by atoms with Crippen molar-refractivity contribution in [3.8, 4) is 0 Å². The van der Waals surface area contributed by atoms with Gasteiger partial charge in [-0.05, 0) is 22.4 Å². The van der Waals surface area contributed by atoms with E-state index in [2.05, 4.69) is 15.6 Å². The van der Waals surface area contributed by atoms with Crippen LogP contribution in [0.2, 0.25) is 0 Å². The molecule has 0 amide bonds. The van der Waals surface area contributed by atoms with Crippen LogP contribution >= 0.6 is 11.3 Å². The molecule has 3 N–H and O–H groups in total. The minimum absolute atomic E-state index is 0.0710. The van der Waals surface area contributed by atoms with E-state index in [1.165, 1.54) is 10.9 Å². The molecule has 2 aromatic heterocycles. The van der Waals surface area contributed by atoms with Crippen LogP contribution in [-0.2, 0) is 6.54 Å². The maximum Gasteiger partial charge on any atom is 0.358 e. The summed E-state index contributed by atoms with van der Waals surface area (Å²) < 4.78 is 1.45. The summed E-state index contributed by atoms with van der Waals surface area (Å²) in [6.07, 6.45) is 0.843. The number of aliphatic hydroxyl groups is 1. The summed E-state index contributed by atoms with van der Waals surface area (Å²) in [7, 11) is 0. The van der Waals surface area contributed by atoms with Crippen molar-refractivity contribution < 1.29 is 15.0 Å². The van der Waals surface area contributed by atoms with Crippen molar-refractivity contribution in [1.82, 2.24) is 20.3 Å². The zero-order valence-corrected chi connectivity index (χ0v) is 10.9. The summed E-state index contributed by atoms with van der Waals surface area (Å²) in [4.78, 5) is 10.6. The third-order valence-corrected chi connectivity index (χ3v) is 3.24. The average Bonchev–Trinajstić information content (AvgIpc) is 3.05. The summed E-state index contributed by atoms with van der Waals surface area (Å²) in [6.45, 7) is 1.51. The third kappa shape index (κ3) is 3.85. The number of nitrogens with one attached hydrogen (secondary N) is 1. The van der Waals surface area contributed by atoms with Gasteiger partial charge in [-0.2, -0.15) is 11.3 Å². The first-order valence-corrected chi connectivity index (χ1v) is 6.65. The Kier molecular flexibility index (Phi) is 4.61. The van der Waals surface area contributed by atoms with Crippen LogP contribution in [0.4, 0.5) is 0 Å². The SMILES string of the molecule is O=C(O)c1cn(CCNCC(O)c2ccsc2)nn1. The van der Waals surface area contributed by atoms with E-state index in [0.29, 0.717) is 19.6 Å². The Morgan fingerprint density at radius 1 is 1.58 bits per heavy atom. The maximum absolute atomic E-state index is 10.6. The van der Waals surface area contributed by atoms with Crippen molar-refractivity contribution >= 4 is 17.3 Å². The Hall–Kier alpha value is -1.77. The molecule has 1 atom stereocenters. The lowest BCUT2D eigenvalue weighted by molar-refractivity contribution is 0.0690. The topological polar surface area (TPSA) is 100 Å². The number of rotatable bonds is 7. The zero-order chi connectivity index (χ0) is 13.7. The Morgan fingerprint density at radius 2 is 2.42 bits per heavy atom. The third-order valence-electron chi connectivity index (χ3n) is 2.54. The molecule has 2 aromatic rings. The highest BCUT2D eigenvalue weighted by molar-refractivity contribution is 7.07. The summed E-state index contributed by atoms with van der Waals surface area (Å²) in [5.41, 5.74) is 0.824. The highest BCUT2D eigenvalue weighted by Gasteiger charge is 2.09. The Labute approximate surface area is 113 Å². The minimum atomic E-state index is -1.09. The summed E-state index contributed by atoms with van der Waals surface area (Å²) in [6, 6.07) is 1.88. The van der Waals surface area contributed by atoms with Crippen LogP contribution in [0.25, 0.3) is 0 Å². The monoisotopic (exact) mass is 282 g/mol. The summed E-state index contributed by atoms with van der Waals surface area (Å²) in [5, 5.41) is 32.6. The lowest BCUT2D eigenvalue weighted by Gasteiger charge is -2.10. The van der Waals surface area contributed by atoms with Crippen LogP contribution in [0, 0.1) is 0 Å². The van der Waals surface area contributed by atoms with E-state index >= 15 is 0 Å². The molecule has 102 valence electrons. The van der Waals surface area contributed by atoms with Gasteiger partial charge in [0, 0.05) is 13.1 Å². The first kappa shape index (κ1) is 13.7. The fraction of sp³-hybridized carbons (Fsp3) is 0.364. The van der Waals surface area contributed by atoms with Crippen molar-refractivity contribution in [2.24, 2.45) is 0 Å². The number of aromatic carboxylic acids is 1. The molecular formula is C11H14N4O3S. The molecule has 0 aliphatic rings. The Bertz CT molecular complexity index is 526. The number of hydrogen-bond acceptors (Lipinski definition) is 6. The minimum Gasteiger partial charge on any atom is -0.476 e. The van der Waals surface area contributed by atoms with Gasteiger partial charge in [0.05, 0.1) is 18.8 Å². The van der Waals surface area contributed by atoms with E-state index in [1.807, 2.05) is 16.8 Å².